The Balaban J connectivity index is 1.48. The molecule has 1 amide bonds. The Morgan fingerprint density at radius 1 is 1.27 bits per heavy atom. The van der Waals surface area contributed by atoms with E-state index < -0.39 is 0 Å². The zero-order chi connectivity index (χ0) is 18.4. The molecule has 0 aliphatic carbocycles. The molecule has 1 aliphatic heterocycles. The Kier molecular flexibility index (Phi) is 6.15. The van der Waals surface area contributed by atoms with Crippen molar-refractivity contribution in [2.45, 2.75) is 5.16 Å². The summed E-state index contributed by atoms with van der Waals surface area (Å²) >= 11 is 1.36. The molecule has 136 valence electrons. The van der Waals surface area contributed by atoms with Crippen molar-refractivity contribution in [3.8, 4) is 12.3 Å². The lowest BCUT2D eigenvalue weighted by Crippen LogP contribution is -2.46. The van der Waals surface area contributed by atoms with E-state index in [0.717, 1.165) is 42.7 Å². The van der Waals surface area contributed by atoms with Crippen molar-refractivity contribution < 1.29 is 4.79 Å². The van der Waals surface area contributed by atoms with Gasteiger partial charge in [0.1, 0.15) is 6.33 Å². The van der Waals surface area contributed by atoms with Gasteiger partial charge < -0.3 is 14.8 Å². The summed E-state index contributed by atoms with van der Waals surface area (Å²) in [5, 5.41) is 11.4. The van der Waals surface area contributed by atoms with Gasteiger partial charge >= 0.3 is 0 Å². The lowest BCUT2D eigenvalue weighted by molar-refractivity contribution is -0.113. The molecule has 0 spiro atoms. The summed E-state index contributed by atoms with van der Waals surface area (Å²) in [5.74, 6) is 2.93. The first-order valence-electron chi connectivity index (χ1n) is 8.43. The third kappa shape index (κ3) is 4.77. The molecule has 1 N–H and O–H groups in total. The topological polar surface area (TPSA) is 66.3 Å². The van der Waals surface area contributed by atoms with E-state index >= 15 is 0 Å². The SMILES string of the molecule is C#CCN1CCN(c2ccc(NC(=O)CSc3nncn3C)cc2)CC1. The number of carbonyl (C=O) groups excluding carboxylic acids is 1. The van der Waals surface area contributed by atoms with Crippen LogP contribution in [0.1, 0.15) is 0 Å². The predicted octanol–water partition coefficient (Wildman–Crippen LogP) is 1.30. The highest BCUT2D eigenvalue weighted by Crippen LogP contribution is 2.20. The molecule has 1 aromatic carbocycles. The number of hydrogen-bond donors (Lipinski definition) is 1. The molecule has 8 heteroatoms. The van der Waals surface area contributed by atoms with Crippen molar-refractivity contribution in [1.29, 1.82) is 0 Å². The summed E-state index contributed by atoms with van der Waals surface area (Å²) < 4.78 is 1.79. The first-order valence-corrected chi connectivity index (χ1v) is 9.42. The van der Waals surface area contributed by atoms with Gasteiger partial charge in [-0.15, -0.1) is 16.6 Å². The van der Waals surface area contributed by atoms with Crippen LogP contribution in [-0.4, -0.2) is 64.0 Å². The number of aryl methyl sites for hydroxylation is 1. The summed E-state index contributed by atoms with van der Waals surface area (Å²) in [6.45, 7) is 4.58. The predicted molar refractivity (Wildman–Crippen MR) is 104 cm³/mol. The molecular formula is C18H22N6OS. The Hall–Kier alpha value is -2.50. The lowest BCUT2D eigenvalue weighted by atomic mass is 10.2. The highest BCUT2D eigenvalue weighted by molar-refractivity contribution is 7.99. The smallest absolute Gasteiger partial charge is 0.234 e. The summed E-state index contributed by atoms with van der Waals surface area (Å²) in [6, 6.07) is 7.96. The second kappa shape index (κ2) is 8.74. The fourth-order valence-corrected chi connectivity index (χ4v) is 3.47. The molecule has 26 heavy (non-hydrogen) atoms. The average Bonchev–Trinajstić information content (AvgIpc) is 3.07. The van der Waals surface area contributed by atoms with Crippen molar-refractivity contribution in [2.75, 3.05) is 48.7 Å². The largest absolute Gasteiger partial charge is 0.369 e. The third-order valence-electron chi connectivity index (χ3n) is 4.21. The average molecular weight is 370 g/mol. The minimum Gasteiger partial charge on any atom is -0.369 e. The minimum atomic E-state index is -0.0614. The molecule has 0 bridgehead atoms. The maximum absolute atomic E-state index is 12.1. The van der Waals surface area contributed by atoms with Crippen molar-refractivity contribution in [2.24, 2.45) is 7.05 Å². The van der Waals surface area contributed by atoms with Crippen LogP contribution in [-0.2, 0) is 11.8 Å². The van der Waals surface area contributed by atoms with Gasteiger partial charge in [-0.3, -0.25) is 9.69 Å². The fourth-order valence-electron chi connectivity index (χ4n) is 2.78. The number of aromatic nitrogens is 3. The van der Waals surface area contributed by atoms with E-state index in [1.807, 2.05) is 31.3 Å². The molecule has 1 fully saturated rings. The zero-order valence-corrected chi connectivity index (χ0v) is 15.6. The number of rotatable bonds is 6. The van der Waals surface area contributed by atoms with Gasteiger partial charge in [0.25, 0.3) is 0 Å². The summed E-state index contributed by atoms with van der Waals surface area (Å²) in [6.07, 6.45) is 6.99. The molecule has 2 aromatic rings. The number of anilines is 2. The number of nitrogens with zero attached hydrogens (tertiary/aromatic N) is 5. The van der Waals surface area contributed by atoms with Gasteiger partial charge in [-0.1, -0.05) is 17.7 Å². The number of carbonyl (C=O) groups is 1. The van der Waals surface area contributed by atoms with Crippen molar-refractivity contribution in [1.82, 2.24) is 19.7 Å². The van der Waals surface area contributed by atoms with Crippen LogP contribution >= 0.6 is 11.8 Å². The molecule has 7 nitrogen and oxygen atoms in total. The van der Waals surface area contributed by atoms with Gasteiger partial charge in [0.15, 0.2) is 5.16 Å². The number of thioether (sulfide) groups is 1. The van der Waals surface area contributed by atoms with Gasteiger partial charge in [0.2, 0.25) is 5.91 Å². The maximum Gasteiger partial charge on any atom is 0.234 e. The van der Waals surface area contributed by atoms with E-state index in [1.54, 1.807) is 10.9 Å². The van der Waals surface area contributed by atoms with Crippen molar-refractivity contribution in [3.05, 3.63) is 30.6 Å². The van der Waals surface area contributed by atoms with Gasteiger partial charge in [-0.2, -0.15) is 0 Å². The van der Waals surface area contributed by atoms with E-state index in [0.29, 0.717) is 12.3 Å². The van der Waals surface area contributed by atoms with Crippen LogP contribution in [0.5, 0.6) is 0 Å². The summed E-state index contributed by atoms with van der Waals surface area (Å²) in [5.41, 5.74) is 1.96. The molecule has 0 unspecified atom stereocenters. The number of amides is 1. The lowest BCUT2D eigenvalue weighted by Gasteiger charge is -2.35. The molecule has 1 saturated heterocycles. The van der Waals surface area contributed by atoms with Gasteiger partial charge in [0, 0.05) is 44.6 Å². The Morgan fingerprint density at radius 3 is 2.62 bits per heavy atom. The van der Waals surface area contributed by atoms with Crippen LogP contribution in [0.25, 0.3) is 0 Å². The monoisotopic (exact) mass is 370 g/mol. The third-order valence-corrected chi connectivity index (χ3v) is 5.24. The van der Waals surface area contributed by atoms with Crippen molar-refractivity contribution >= 4 is 29.0 Å². The number of terminal acetylenes is 1. The maximum atomic E-state index is 12.1. The van der Waals surface area contributed by atoms with Crippen molar-refractivity contribution in [3.63, 3.8) is 0 Å². The van der Waals surface area contributed by atoms with E-state index in [9.17, 15) is 4.79 Å². The van der Waals surface area contributed by atoms with Crippen LogP contribution in [0.4, 0.5) is 11.4 Å². The normalized spacial score (nSPS) is 14.8. The van der Waals surface area contributed by atoms with E-state index in [2.05, 4.69) is 31.2 Å². The van der Waals surface area contributed by atoms with Crippen LogP contribution in [0.3, 0.4) is 0 Å². The molecular weight excluding hydrogens is 348 g/mol. The second-order valence-corrected chi connectivity index (χ2v) is 7.02. The quantitative estimate of drug-likeness (QED) is 0.611. The van der Waals surface area contributed by atoms with E-state index in [-0.39, 0.29) is 5.91 Å². The first kappa shape index (κ1) is 18.3. The summed E-state index contributed by atoms with van der Waals surface area (Å²) in [7, 11) is 1.85. The van der Waals surface area contributed by atoms with Gasteiger partial charge in [-0.25, -0.2) is 0 Å². The summed E-state index contributed by atoms with van der Waals surface area (Å²) in [4.78, 5) is 16.7. The van der Waals surface area contributed by atoms with Gasteiger partial charge in [-0.05, 0) is 24.3 Å². The Bertz CT molecular complexity index is 774. The van der Waals surface area contributed by atoms with E-state index in [4.69, 9.17) is 6.42 Å². The molecule has 2 heterocycles. The standard InChI is InChI=1S/C18H22N6OS/c1-3-8-23-9-11-24(12-10-23)16-6-4-15(5-7-16)20-17(25)13-26-18-21-19-14-22(18)2/h1,4-7,14H,8-13H2,2H3,(H,20,25). The van der Waals surface area contributed by atoms with Gasteiger partial charge in [0.05, 0.1) is 12.3 Å². The first-order chi connectivity index (χ1) is 12.7. The number of piperazine rings is 1. The molecule has 0 atom stereocenters. The van der Waals surface area contributed by atoms with E-state index in [1.165, 1.54) is 11.8 Å². The fraction of sp³-hybridized carbons (Fsp3) is 0.389. The number of benzene rings is 1. The number of hydrogen-bond acceptors (Lipinski definition) is 6. The molecule has 0 radical (unpaired) electrons. The van der Waals surface area contributed by atoms with Crippen LogP contribution < -0.4 is 10.2 Å². The number of nitrogens with one attached hydrogen (secondary N) is 1. The molecule has 0 saturated carbocycles. The Labute approximate surface area is 157 Å². The van der Waals surface area contributed by atoms with Crippen LogP contribution in [0, 0.1) is 12.3 Å². The second-order valence-electron chi connectivity index (χ2n) is 6.08. The molecule has 3 rings (SSSR count). The van der Waals surface area contributed by atoms with Crippen LogP contribution in [0.15, 0.2) is 35.7 Å². The highest BCUT2D eigenvalue weighted by atomic mass is 32.2. The zero-order valence-electron chi connectivity index (χ0n) is 14.8. The molecule has 1 aliphatic rings. The minimum absolute atomic E-state index is 0.0614. The van der Waals surface area contributed by atoms with Crippen LogP contribution in [0.2, 0.25) is 0 Å². The highest BCUT2D eigenvalue weighted by Gasteiger charge is 2.16. The Morgan fingerprint density at radius 2 is 2.00 bits per heavy atom. The molecule has 1 aromatic heterocycles.